The Kier molecular flexibility index (Phi) is 6.39. The van der Waals surface area contributed by atoms with E-state index in [9.17, 15) is 9.59 Å². The van der Waals surface area contributed by atoms with E-state index in [1.165, 1.54) is 22.2 Å². The van der Waals surface area contributed by atoms with E-state index in [1.54, 1.807) is 23.0 Å². The zero-order valence-corrected chi connectivity index (χ0v) is 20.0. The summed E-state index contributed by atoms with van der Waals surface area (Å²) in [5.74, 6) is 0.0862. The molecule has 164 valence electrons. The molecular formula is C23H28N4O2S2. The molecule has 0 radical (unpaired) electrons. The molecule has 1 aromatic carbocycles. The number of fused-ring (bicyclic) bond motifs is 3. The highest BCUT2D eigenvalue weighted by molar-refractivity contribution is 7.99. The first kappa shape index (κ1) is 21.9. The molecule has 3 aromatic rings. The molecule has 1 aliphatic carbocycles. The van der Waals surface area contributed by atoms with Gasteiger partial charge in [0, 0.05) is 35.9 Å². The van der Waals surface area contributed by atoms with E-state index >= 15 is 0 Å². The van der Waals surface area contributed by atoms with Gasteiger partial charge in [-0.15, -0.1) is 11.3 Å². The fraction of sp³-hybridized carbons (Fsp3) is 0.435. The maximum Gasteiger partial charge on any atom is 0.262 e. The summed E-state index contributed by atoms with van der Waals surface area (Å²) in [6, 6.07) is 8.33. The largest absolute Gasteiger partial charge is 0.369 e. The normalized spacial score (nSPS) is 13.1. The second kappa shape index (κ2) is 9.04. The number of aryl methyl sites for hydroxylation is 2. The van der Waals surface area contributed by atoms with Crippen molar-refractivity contribution in [1.82, 2.24) is 9.55 Å². The van der Waals surface area contributed by atoms with Crippen LogP contribution in [0.5, 0.6) is 0 Å². The van der Waals surface area contributed by atoms with Gasteiger partial charge in [0.2, 0.25) is 5.91 Å². The number of hydrogen-bond acceptors (Lipinski definition) is 6. The molecule has 0 saturated carbocycles. The predicted molar refractivity (Wildman–Crippen MR) is 131 cm³/mol. The summed E-state index contributed by atoms with van der Waals surface area (Å²) >= 11 is 2.92. The van der Waals surface area contributed by atoms with E-state index in [-0.39, 0.29) is 17.2 Å². The van der Waals surface area contributed by atoms with Gasteiger partial charge < -0.3 is 10.2 Å². The lowest BCUT2D eigenvalue weighted by Crippen LogP contribution is -2.30. The first-order valence-electron chi connectivity index (χ1n) is 10.7. The maximum absolute atomic E-state index is 12.9. The molecule has 1 aliphatic rings. The third kappa shape index (κ3) is 4.36. The van der Waals surface area contributed by atoms with Crippen molar-refractivity contribution in [1.29, 1.82) is 0 Å². The van der Waals surface area contributed by atoms with Crippen LogP contribution in [-0.2, 0) is 24.7 Å². The SMILES string of the molecule is CCN(c1ccc(NC(=O)CSc2nc3sc4c(c3c(=O)n2C)CCC4)cc1)C(C)C. The van der Waals surface area contributed by atoms with E-state index in [1.807, 2.05) is 24.3 Å². The smallest absolute Gasteiger partial charge is 0.262 e. The van der Waals surface area contributed by atoms with Crippen LogP contribution in [0.2, 0.25) is 0 Å². The monoisotopic (exact) mass is 456 g/mol. The van der Waals surface area contributed by atoms with Gasteiger partial charge >= 0.3 is 0 Å². The Morgan fingerprint density at radius 1 is 1.29 bits per heavy atom. The van der Waals surface area contributed by atoms with Gasteiger partial charge in [0.05, 0.1) is 11.1 Å². The van der Waals surface area contributed by atoms with Gasteiger partial charge in [0.1, 0.15) is 4.83 Å². The number of benzene rings is 1. The summed E-state index contributed by atoms with van der Waals surface area (Å²) in [7, 11) is 1.74. The minimum absolute atomic E-state index is 0.00599. The number of rotatable bonds is 7. The second-order valence-electron chi connectivity index (χ2n) is 8.06. The van der Waals surface area contributed by atoms with Crippen molar-refractivity contribution in [2.24, 2.45) is 7.05 Å². The van der Waals surface area contributed by atoms with E-state index in [0.717, 1.165) is 47.4 Å². The van der Waals surface area contributed by atoms with Gasteiger partial charge in [-0.2, -0.15) is 0 Å². The first-order valence-corrected chi connectivity index (χ1v) is 12.5. The van der Waals surface area contributed by atoms with Crippen molar-refractivity contribution in [3.63, 3.8) is 0 Å². The Balaban J connectivity index is 1.43. The Hall–Kier alpha value is -2.32. The number of thiophene rings is 1. The molecule has 8 heteroatoms. The number of nitrogens with zero attached hydrogens (tertiary/aromatic N) is 3. The highest BCUT2D eigenvalue weighted by Crippen LogP contribution is 2.35. The average molecular weight is 457 g/mol. The fourth-order valence-corrected chi connectivity index (χ4v) is 6.22. The molecule has 0 saturated heterocycles. The second-order valence-corrected chi connectivity index (χ2v) is 10.1. The lowest BCUT2D eigenvalue weighted by molar-refractivity contribution is -0.113. The fourth-order valence-electron chi connectivity index (χ4n) is 4.14. The Labute approximate surface area is 190 Å². The van der Waals surface area contributed by atoms with Crippen LogP contribution < -0.4 is 15.8 Å². The molecule has 0 bridgehead atoms. The summed E-state index contributed by atoms with van der Waals surface area (Å²) in [6.07, 6.45) is 3.12. The van der Waals surface area contributed by atoms with Crippen molar-refractivity contribution in [3.05, 3.63) is 45.1 Å². The molecular weight excluding hydrogens is 428 g/mol. The number of thioether (sulfide) groups is 1. The topological polar surface area (TPSA) is 67.2 Å². The third-order valence-electron chi connectivity index (χ3n) is 5.68. The molecule has 31 heavy (non-hydrogen) atoms. The minimum atomic E-state index is -0.114. The summed E-state index contributed by atoms with van der Waals surface area (Å²) in [5, 5.41) is 4.29. The zero-order valence-electron chi connectivity index (χ0n) is 18.4. The molecule has 0 unspecified atom stereocenters. The number of anilines is 2. The van der Waals surface area contributed by atoms with E-state index in [4.69, 9.17) is 4.98 Å². The van der Waals surface area contributed by atoms with Gasteiger partial charge in [-0.3, -0.25) is 14.2 Å². The van der Waals surface area contributed by atoms with Crippen LogP contribution in [0.25, 0.3) is 10.2 Å². The van der Waals surface area contributed by atoms with Crippen LogP contribution in [-0.4, -0.2) is 33.8 Å². The lowest BCUT2D eigenvalue weighted by atomic mass is 10.2. The van der Waals surface area contributed by atoms with Gasteiger partial charge in [-0.25, -0.2) is 4.98 Å². The lowest BCUT2D eigenvalue weighted by Gasteiger charge is -2.27. The van der Waals surface area contributed by atoms with Crippen molar-refractivity contribution in [3.8, 4) is 0 Å². The Morgan fingerprint density at radius 3 is 2.71 bits per heavy atom. The third-order valence-corrected chi connectivity index (χ3v) is 7.90. The highest BCUT2D eigenvalue weighted by Gasteiger charge is 2.22. The average Bonchev–Trinajstić information content (AvgIpc) is 3.32. The van der Waals surface area contributed by atoms with Gasteiger partial charge in [-0.1, -0.05) is 11.8 Å². The van der Waals surface area contributed by atoms with Crippen LogP contribution in [0.4, 0.5) is 11.4 Å². The number of aromatic nitrogens is 2. The summed E-state index contributed by atoms with van der Waals surface area (Å²) in [4.78, 5) is 34.5. The molecule has 0 spiro atoms. The van der Waals surface area contributed by atoms with Crippen LogP contribution in [0.1, 0.15) is 37.6 Å². The number of carbonyl (C=O) groups excluding carboxylic acids is 1. The Morgan fingerprint density at radius 2 is 2.03 bits per heavy atom. The van der Waals surface area contributed by atoms with E-state index in [2.05, 4.69) is 31.0 Å². The van der Waals surface area contributed by atoms with Crippen molar-refractivity contribution >= 4 is 50.6 Å². The molecule has 4 rings (SSSR count). The first-order chi connectivity index (χ1) is 14.9. The molecule has 0 aliphatic heterocycles. The molecule has 6 nitrogen and oxygen atoms in total. The van der Waals surface area contributed by atoms with Crippen LogP contribution in [0.3, 0.4) is 0 Å². The number of hydrogen-bond donors (Lipinski definition) is 1. The summed E-state index contributed by atoms with van der Waals surface area (Å²) in [6.45, 7) is 7.40. The zero-order chi connectivity index (χ0) is 22.1. The van der Waals surface area contributed by atoms with Gasteiger partial charge in [0.25, 0.3) is 5.56 Å². The quantitative estimate of drug-likeness (QED) is 0.420. The Bertz CT molecular complexity index is 1170. The summed E-state index contributed by atoms with van der Waals surface area (Å²) in [5.41, 5.74) is 3.08. The maximum atomic E-state index is 12.9. The van der Waals surface area contributed by atoms with Crippen LogP contribution in [0.15, 0.2) is 34.2 Å². The van der Waals surface area contributed by atoms with Crippen molar-refractivity contribution in [2.45, 2.75) is 51.2 Å². The van der Waals surface area contributed by atoms with Crippen LogP contribution in [0, 0.1) is 0 Å². The molecule has 0 fully saturated rings. The summed E-state index contributed by atoms with van der Waals surface area (Å²) < 4.78 is 1.58. The molecule has 1 N–H and O–H groups in total. The van der Waals surface area contributed by atoms with Crippen molar-refractivity contribution < 1.29 is 4.79 Å². The van der Waals surface area contributed by atoms with Gasteiger partial charge in [0.15, 0.2) is 5.16 Å². The van der Waals surface area contributed by atoms with Gasteiger partial charge in [-0.05, 0) is 69.9 Å². The molecule has 2 aromatic heterocycles. The van der Waals surface area contributed by atoms with E-state index in [0.29, 0.717) is 11.2 Å². The predicted octanol–water partition coefficient (Wildman–Crippen LogP) is 4.45. The number of carbonyl (C=O) groups is 1. The van der Waals surface area contributed by atoms with Crippen LogP contribution >= 0.6 is 23.1 Å². The number of nitrogens with one attached hydrogen (secondary N) is 1. The number of amides is 1. The minimum Gasteiger partial charge on any atom is -0.369 e. The van der Waals surface area contributed by atoms with E-state index < -0.39 is 0 Å². The van der Waals surface area contributed by atoms with Crippen molar-refractivity contribution in [2.75, 3.05) is 22.5 Å². The molecule has 2 heterocycles. The molecule has 1 amide bonds. The highest BCUT2D eigenvalue weighted by atomic mass is 32.2. The standard InChI is InChI=1S/C23H28N4O2S2/c1-5-27(14(2)3)16-11-9-15(10-12-16)24-19(28)13-30-23-25-21-20(22(29)26(23)4)17-7-6-8-18(17)31-21/h9-12,14H,5-8,13H2,1-4H3,(H,24,28). The molecule has 0 atom stereocenters.